The van der Waals surface area contributed by atoms with Gasteiger partial charge in [-0.1, -0.05) is 30.3 Å². The van der Waals surface area contributed by atoms with E-state index < -0.39 is 5.97 Å². The lowest BCUT2D eigenvalue weighted by atomic mass is 10.2. The molecule has 0 radical (unpaired) electrons. The molecule has 0 atom stereocenters. The Balaban J connectivity index is 2.50. The van der Waals surface area contributed by atoms with E-state index in [1.165, 1.54) is 29.6 Å². The number of benzene rings is 1. The third kappa shape index (κ3) is 3.33. The third-order valence-corrected chi connectivity index (χ3v) is 3.81. The minimum absolute atomic E-state index is 0.260. The summed E-state index contributed by atoms with van der Waals surface area (Å²) >= 11 is 7.76. The van der Waals surface area contributed by atoms with Gasteiger partial charge < -0.3 is 9.47 Å². The van der Waals surface area contributed by atoms with Gasteiger partial charge in [0.15, 0.2) is 0 Å². The van der Waals surface area contributed by atoms with Crippen molar-refractivity contribution in [1.29, 1.82) is 0 Å². The third-order valence-electron chi connectivity index (χ3n) is 2.71. The normalized spacial score (nSPS) is 10.5. The van der Waals surface area contributed by atoms with Gasteiger partial charge in [-0.15, -0.1) is 5.10 Å². The van der Waals surface area contributed by atoms with Crippen LogP contribution >= 0.6 is 23.4 Å². The van der Waals surface area contributed by atoms with Crippen LogP contribution in [-0.2, 0) is 4.74 Å². The summed E-state index contributed by atoms with van der Waals surface area (Å²) < 4.78 is 11.8. The lowest BCUT2D eigenvalue weighted by Crippen LogP contribution is -2.09. The highest BCUT2D eigenvalue weighted by Crippen LogP contribution is 2.31. The van der Waals surface area contributed by atoms with Crippen LogP contribution in [0, 0.1) is 0 Å². The second kappa shape index (κ2) is 7.46. The van der Waals surface area contributed by atoms with Crippen LogP contribution in [0.5, 0.6) is 5.75 Å². The Hall–Kier alpha value is -1.80. The van der Waals surface area contributed by atoms with Gasteiger partial charge in [0.1, 0.15) is 11.3 Å². The number of aromatic nitrogens is 4. The van der Waals surface area contributed by atoms with Gasteiger partial charge in [-0.05, 0) is 29.2 Å². The molecule has 7 nitrogen and oxygen atoms in total. The maximum Gasteiger partial charge on any atom is 0.341 e. The lowest BCUT2D eigenvalue weighted by Gasteiger charge is -2.12. The highest BCUT2D eigenvalue weighted by molar-refractivity contribution is 7.99. The van der Waals surface area contributed by atoms with E-state index in [2.05, 4.69) is 15.5 Å². The minimum Gasteiger partial charge on any atom is -0.496 e. The van der Waals surface area contributed by atoms with Crippen LogP contribution in [-0.4, -0.2) is 45.6 Å². The average molecular weight is 343 g/mol. The Bertz CT molecular complexity index is 677. The van der Waals surface area contributed by atoms with E-state index in [0.29, 0.717) is 21.6 Å². The van der Waals surface area contributed by atoms with Crippen molar-refractivity contribution in [3.05, 3.63) is 22.7 Å². The molecule has 0 unspecified atom stereocenters. The number of hydrogen-bond donors (Lipinski definition) is 0. The fourth-order valence-electron chi connectivity index (χ4n) is 1.79. The van der Waals surface area contributed by atoms with E-state index in [4.69, 9.17) is 21.1 Å². The zero-order valence-electron chi connectivity index (χ0n) is 12.4. The van der Waals surface area contributed by atoms with Gasteiger partial charge >= 0.3 is 5.97 Å². The Morgan fingerprint density at radius 3 is 2.82 bits per heavy atom. The fourth-order valence-corrected chi connectivity index (χ4v) is 2.64. The molecule has 0 aliphatic heterocycles. The Morgan fingerprint density at radius 1 is 1.41 bits per heavy atom. The van der Waals surface area contributed by atoms with E-state index in [-0.39, 0.29) is 12.2 Å². The number of esters is 1. The maximum absolute atomic E-state index is 11.9. The predicted octanol–water partition coefficient (Wildman–Crippen LogP) is 2.61. The van der Waals surface area contributed by atoms with Crippen molar-refractivity contribution in [2.45, 2.75) is 19.0 Å². The molecule has 0 spiro atoms. The monoisotopic (exact) mass is 342 g/mol. The van der Waals surface area contributed by atoms with Gasteiger partial charge in [0, 0.05) is 6.07 Å². The number of carbonyl (C=O) groups excluding carboxylic acids is 1. The standard InChI is InChI=1S/C13H15ClN4O3S/c1-4-21-12(19)8-6-9(14)10(7-11(8)20-3)18-13(22-5-2)15-16-17-18/h6-7H,4-5H2,1-3H3. The van der Waals surface area contributed by atoms with Gasteiger partial charge in [0.05, 0.1) is 24.4 Å². The van der Waals surface area contributed by atoms with Crippen LogP contribution in [0.25, 0.3) is 5.69 Å². The van der Waals surface area contributed by atoms with E-state index in [0.717, 1.165) is 5.75 Å². The number of thioether (sulfide) groups is 1. The molecule has 22 heavy (non-hydrogen) atoms. The Morgan fingerprint density at radius 2 is 2.18 bits per heavy atom. The molecule has 0 bridgehead atoms. The molecule has 1 aromatic carbocycles. The maximum atomic E-state index is 11.9. The summed E-state index contributed by atoms with van der Waals surface area (Å²) in [6.07, 6.45) is 0. The highest BCUT2D eigenvalue weighted by Gasteiger charge is 2.20. The lowest BCUT2D eigenvalue weighted by molar-refractivity contribution is 0.0522. The molecule has 9 heteroatoms. The Labute approximate surface area is 136 Å². The molecule has 1 heterocycles. The van der Waals surface area contributed by atoms with E-state index in [1.54, 1.807) is 13.0 Å². The zero-order chi connectivity index (χ0) is 16.1. The smallest absolute Gasteiger partial charge is 0.341 e. The van der Waals surface area contributed by atoms with Crippen molar-refractivity contribution >= 4 is 29.3 Å². The minimum atomic E-state index is -0.493. The van der Waals surface area contributed by atoms with Gasteiger partial charge in [-0.2, -0.15) is 4.68 Å². The van der Waals surface area contributed by atoms with Crippen molar-refractivity contribution < 1.29 is 14.3 Å². The SMILES string of the molecule is CCOC(=O)c1cc(Cl)c(-n2nnnc2SCC)cc1OC. The first-order chi connectivity index (χ1) is 10.6. The number of ether oxygens (including phenoxy) is 2. The highest BCUT2D eigenvalue weighted by atomic mass is 35.5. The van der Waals surface area contributed by atoms with Gasteiger partial charge in [-0.3, -0.25) is 0 Å². The van der Waals surface area contributed by atoms with Crippen LogP contribution in [0.3, 0.4) is 0 Å². The summed E-state index contributed by atoms with van der Waals surface area (Å²) in [5.41, 5.74) is 0.795. The summed E-state index contributed by atoms with van der Waals surface area (Å²) in [4.78, 5) is 11.9. The first kappa shape index (κ1) is 16.6. The van der Waals surface area contributed by atoms with Crippen LogP contribution in [0.2, 0.25) is 5.02 Å². The second-order valence-corrected chi connectivity index (χ2v) is 5.67. The molecule has 0 aliphatic rings. The summed E-state index contributed by atoms with van der Waals surface area (Å²) in [6.45, 7) is 4.00. The number of methoxy groups -OCH3 is 1. The molecule has 0 saturated carbocycles. The van der Waals surface area contributed by atoms with Gasteiger partial charge in [-0.25, -0.2) is 4.79 Å². The quantitative estimate of drug-likeness (QED) is 0.589. The number of tetrazole rings is 1. The molecule has 0 fully saturated rings. The molecule has 0 N–H and O–H groups in total. The molecule has 2 aromatic rings. The average Bonchev–Trinajstić information content (AvgIpc) is 2.95. The number of carbonyl (C=O) groups is 1. The van der Waals surface area contributed by atoms with E-state index in [1.807, 2.05) is 6.92 Å². The zero-order valence-corrected chi connectivity index (χ0v) is 13.9. The Kier molecular flexibility index (Phi) is 5.62. The number of halogens is 1. The van der Waals surface area contributed by atoms with E-state index >= 15 is 0 Å². The largest absolute Gasteiger partial charge is 0.496 e. The van der Waals surface area contributed by atoms with Crippen LogP contribution in [0.4, 0.5) is 0 Å². The topological polar surface area (TPSA) is 79.1 Å². The van der Waals surface area contributed by atoms with Crippen molar-refractivity contribution in [3.8, 4) is 11.4 Å². The first-order valence-corrected chi connectivity index (χ1v) is 7.94. The predicted molar refractivity (Wildman–Crippen MR) is 83.1 cm³/mol. The molecule has 0 saturated heterocycles. The van der Waals surface area contributed by atoms with E-state index in [9.17, 15) is 4.79 Å². The van der Waals surface area contributed by atoms with Crippen LogP contribution in [0.15, 0.2) is 17.3 Å². The second-order valence-electron chi connectivity index (χ2n) is 4.03. The molecular formula is C13H15ClN4O3S. The van der Waals surface area contributed by atoms with Crippen molar-refractivity contribution in [1.82, 2.24) is 20.2 Å². The summed E-state index contributed by atoms with van der Waals surface area (Å²) in [6, 6.07) is 3.11. The molecule has 2 rings (SSSR count). The van der Waals surface area contributed by atoms with Gasteiger partial charge in [0.2, 0.25) is 5.16 Å². The number of hydrogen-bond acceptors (Lipinski definition) is 7. The summed E-state index contributed by atoms with van der Waals surface area (Å²) in [5, 5.41) is 12.5. The number of nitrogens with zero attached hydrogens (tertiary/aromatic N) is 4. The molecule has 1 aromatic heterocycles. The van der Waals surface area contributed by atoms with Crippen LogP contribution < -0.4 is 4.74 Å². The van der Waals surface area contributed by atoms with Gasteiger partial charge in [0.25, 0.3) is 0 Å². The van der Waals surface area contributed by atoms with Crippen molar-refractivity contribution in [2.75, 3.05) is 19.5 Å². The molecular weight excluding hydrogens is 328 g/mol. The first-order valence-electron chi connectivity index (χ1n) is 6.58. The fraction of sp³-hybridized carbons (Fsp3) is 0.385. The van der Waals surface area contributed by atoms with Crippen LogP contribution in [0.1, 0.15) is 24.2 Å². The van der Waals surface area contributed by atoms with Crippen molar-refractivity contribution in [2.24, 2.45) is 0 Å². The molecule has 0 aliphatic carbocycles. The summed E-state index contributed by atoms with van der Waals surface area (Å²) in [7, 11) is 1.47. The molecule has 0 amide bonds. The molecule has 118 valence electrons. The number of rotatable bonds is 6. The van der Waals surface area contributed by atoms with Crippen molar-refractivity contribution in [3.63, 3.8) is 0 Å². The summed E-state index contributed by atoms with van der Waals surface area (Å²) in [5.74, 6) is 0.671.